The average Bonchev–Trinajstić information content (AvgIpc) is 2.85. The van der Waals surface area contributed by atoms with Crippen LogP contribution in [0.25, 0.3) is 0 Å². The number of hydrogen-bond acceptors (Lipinski definition) is 4. The van der Waals surface area contributed by atoms with Gasteiger partial charge in [-0.2, -0.15) is 0 Å². The lowest BCUT2D eigenvalue weighted by atomic mass is 10.0. The highest BCUT2D eigenvalue weighted by Gasteiger charge is 2.28. The number of hydrogen-bond donors (Lipinski definition) is 1. The molecule has 1 aliphatic rings. The van der Waals surface area contributed by atoms with Crippen molar-refractivity contribution >= 4 is 11.3 Å². The van der Waals surface area contributed by atoms with Crippen LogP contribution in [0.2, 0.25) is 0 Å². The zero-order valence-electron chi connectivity index (χ0n) is 10.8. The van der Waals surface area contributed by atoms with Crippen LogP contribution in [-0.2, 0) is 0 Å². The second-order valence-corrected chi connectivity index (χ2v) is 5.85. The van der Waals surface area contributed by atoms with E-state index in [9.17, 15) is 0 Å². The number of thiophene rings is 1. The van der Waals surface area contributed by atoms with E-state index < -0.39 is 0 Å². The van der Waals surface area contributed by atoms with Gasteiger partial charge in [-0.15, -0.1) is 11.3 Å². The molecule has 0 saturated carbocycles. The van der Waals surface area contributed by atoms with Gasteiger partial charge in [0.05, 0.1) is 6.04 Å². The zero-order chi connectivity index (χ0) is 12.3. The Hall–Kier alpha value is -0.420. The number of rotatable bonds is 4. The maximum atomic E-state index is 6.33. The van der Waals surface area contributed by atoms with E-state index in [2.05, 4.69) is 41.3 Å². The molecule has 2 heterocycles. The van der Waals surface area contributed by atoms with Crippen molar-refractivity contribution in [1.82, 2.24) is 9.80 Å². The largest absolute Gasteiger partial charge is 0.326 e. The van der Waals surface area contributed by atoms with Gasteiger partial charge in [0.15, 0.2) is 0 Å². The molecular weight excluding hydrogens is 230 g/mol. The molecule has 2 unspecified atom stereocenters. The average molecular weight is 253 g/mol. The molecule has 1 aromatic rings. The number of likely N-dealkylation sites (N-methyl/N-ethyl adjacent to an activating group) is 1. The third kappa shape index (κ3) is 3.07. The molecule has 0 aliphatic carbocycles. The molecule has 0 spiro atoms. The Morgan fingerprint density at radius 3 is 2.59 bits per heavy atom. The molecule has 1 aromatic heterocycles. The second-order valence-electron chi connectivity index (χ2n) is 4.87. The fourth-order valence-electron chi connectivity index (χ4n) is 2.44. The van der Waals surface area contributed by atoms with Crippen LogP contribution in [0.1, 0.15) is 24.3 Å². The van der Waals surface area contributed by atoms with Gasteiger partial charge in [-0.05, 0) is 24.9 Å². The van der Waals surface area contributed by atoms with Gasteiger partial charge >= 0.3 is 0 Å². The van der Waals surface area contributed by atoms with Crippen LogP contribution in [0.15, 0.2) is 17.5 Å². The van der Waals surface area contributed by atoms with Crippen LogP contribution in [0.3, 0.4) is 0 Å². The van der Waals surface area contributed by atoms with Crippen molar-refractivity contribution in [2.75, 3.05) is 33.2 Å². The smallest absolute Gasteiger partial charge is 0.0594 e. The van der Waals surface area contributed by atoms with Gasteiger partial charge in [0.2, 0.25) is 0 Å². The number of piperazine rings is 1. The summed E-state index contributed by atoms with van der Waals surface area (Å²) in [6.07, 6.45) is 1.04. The first-order valence-corrected chi connectivity index (χ1v) is 7.32. The number of nitrogens with two attached hydrogens (primary N) is 1. The molecule has 3 nitrogen and oxygen atoms in total. The van der Waals surface area contributed by atoms with E-state index in [1.165, 1.54) is 4.88 Å². The predicted molar refractivity (Wildman–Crippen MR) is 74.4 cm³/mol. The normalized spacial score (nSPS) is 22.5. The van der Waals surface area contributed by atoms with Crippen molar-refractivity contribution in [2.24, 2.45) is 5.73 Å². The summed E-state index contributed by atoms with van der Waals surface area (Å²) in [5.41, 5.74) is 6.33. The Kier molecular flexibility index (Phi) is 4.56. The molecule has 2 rings (SSSR count). The summed E-state index contributed by atoms with van der Waals surface area (Å²) < 4.78 is 0. The molecule has 0 amide bonds. The van der Waals surface area contributed by atoms with Crippen molar-refractivity contribution < 1.29 is 0 Å². The Morgan fingerprint density at radius 2 is 2.06 bits per heavy atom. The van der Waals surface area contributed by atoms with Gasteiger partial charge in [0, 0.05) is 37.1 Å². The molecular formula is C13H23N3S. The predicted octanol–water partition coefficient (Wildman–Crippen LogP) is 1.77. The van der Waals surface area contributed by atoms with Gasteiger partial charge in [-0.3, -0.25) is 4.90 Å². The molecule has 2 atom stereocenters. The van der Waals surface area contributed by atoms with E-state index in [4.69, 9.17) is 5.73 Å². The number of nitrogens with zero attached hydrogens (tertiary/aromatic N) is 2. The minimum atomic E-state index is 0.247. The molecule has 0 aromatic carbocycles. The van der Waals surface area contributed by atoms with Crippen LogP contribution in [0.5, 0.6) is 0 Å². The molecule has 17 heavy (non-hydrogen) atoms. The molecule has 96 valence electrons. The van der Waals surface area contributed by atoms with Crippen LogP contribution >= 0.6 is 11.3 Å². The topological polar surface area (TPSA) is 32.5 Å². The summed E-state index contributed by atoms with van der Waals surface area (Å²) in [5.74, 6) is 0. The first-order chi connectivity index (χ1) is 8.22. The highest BCUT2D eigenvalue weighted by Crippen LogP contribution is 2.29. The molecule has 1 saturated heterocycles. The molecule has 0 radical (unpaired) electrons. The molecule has 1 aliphatic heterocycles. The Morgan fingerprint density at radius 1 is 1.35 bits per heavy atom. The Labute approximate surface area is 108 Å². The highest BCUT2D eigenvalue weighted by molar-refractivity contribution is 7.10. The van der Waals surface area contributed by atoms with E-state index in [-0.39, 0.29) is 6.04 Å². The van der Waals surface area contributed by atoms with Crippen LogP contribution in [-0.4, -0.2) is 49.1 Å². The maximum absolute atomic E-state index is 6.33. The van der Waals surface area contributed by atoms with Gasteiger partial charge in [-0.25, -0.2) is 0 Å². The first-order valence-electron chi connectivity index (χ1n) is 6.44. The van der Waals surface area contributed by atoms with E-state index in [0.717, 1.165) is 32.6 Å². The van der Waals surface area contributed by atoms with E-state index in [1.54, 1.807) is 0 Å². The van der Waals surface area contributed by atoms with Crippen LogP contribution in [0, 0.1) is 0 Å². The minimum absolute atomic E-state index is 0.247. The lowest BCUT2D eigenvalue weighted by Gasteiger charge is -2.39. The molecule has 0 bridgehead atoms. The van der Waals surface area contributed by atoms with Crippen LogP contribution in [0.4, 0.5) is 0 Å². The van der Waals surface area contributed by atoms with Crippen molar-refractivity contribution in [3.05, 3.63) is 22.4 Å². The fourth-order valence-corrected chi connectivity index (χ4v) is 3.38. The second kappa shape index (κ2) is 5.96. The summed E-state index contributed by atoms with van der Waals surface area (Å²) >= 11 is 1.83. The van der Waals surface area contributed by atoms with Gasteiger partial charge < -0.3 is 10.6 Å². The van der Waals surface area contributed by atoms with E-state index in [0.29, 0.717) is 6.04 Å². The van der Waals surface area contributed by atoms with Gasteiger partial charge in [0.25, 0.3) is 0 Å². The van der Waals surface area contributed by atoms with Crippen molar-refractivity contribution in [3.63, 3.8) is 0 Å². The van der Waals surface area contributed by atoms with E-state index in [1.807, 2.05) is 11.3 Å². The van der Waals surface area contributed by atoms with Crippen molar-refractivity contribution in [1.29, 1.82) is 0 Å². The first kappa shape index (κ1) is 13.0. The standard InChI is InChI=1S/C13H23N3S/c1-3-11(14)13(12-5-4-10-17-12)16-8-6-15(2)7-9-16/h4-5,10-11,13H,3,6-9,14H2,1-2H3. The van der Waals surface area contributed by atoms with Crippen LogP contribution < -0.4 is 5.73 Å². The van der Waals surface area contributed by atoms with Gasteiger partial charge in [-0.1, -0.05) is 13.0 Å². The van der Waals surface area contributed by atoms with E-state index >= 15 is 0 Å². The zero-order valence-corrected chi connectivity index (χ0v) is 11.6. The third-order valence-electron chi connectivity index (χ3n) is 3.64. The summed E-state index contributed by atoms with van der Waals surface area (Å²) in [6.45, 7) is 6.75. The molecule has 4 heteroatoms. The monoisotopic (exact) mass is 253 g/mol. The maximum Gasteiger partial charge on any atom is 0.0594 e. The Balaban J connectivity index is 2.10. The van der Waals surface area contributed by atoms with Crippen molar-refractivity contribution in [2.45, 2.75) is 25.4 Å². The van der Waals surface area contributed by atoms with Crippen molar-refractivity contribution in [3.8, 4) is 0 Å². The molecule has 1 fully saturated rings. The molecule has 2 N–H and O–H groups in total. The lowest BCUT2D eigenvalue weighted by molar-refractivity contribution is 0.0986. The fraction of sp³-hybridized carbons (Fsp3) is 0.692. The highest BCUT2D eigenvalue weighted by atomic mass is 32.1. The lowest BCUT2D eigenvalue weighted by Crippen LogP contribution is -2.50. The minimum Gasteiger partial charge on any atom is -0.326 e. The summed E-state index contributed by atoms with van der Waals surface area (Å²) in [5, 5.41) is 2.15. The van der Waals surface area contributed by atoms with Gasteiger partial charge in [0.1, 0.15) is 0 Å². The summed E-state index contributed by atoms with van der Waals surface area (Å²) in [7, 11) is 2.19. The quantitative estimate of drug-likeness (QED) is 0.888. The SMILES string of the molecule is CCC(N)C(c1cccs1)N1CCN(C)CC1. The summed E-state index contributed by atoms with van der Waals surface area (Å²) in [4.78, 5) is 6.36. The third-order valence-corrected chi connectivity index (χ3v) is 4.59. The Bertz CT molecular complexity index is 317. The summed E-state index contributed by atoms with van der Waals surface area (Å²) in [6, 6.07) is 5.01.